The molecule has 2 aromatic heterocycles. The van der Waals surface area contributed by atoms with Crippen molar-refractivity contribution in [3.63, 3.8) is 0 Å². The molecule has 1 aliphatic heterocycles. The Kier molecular flexibility index (Phi) is 4.00. The Morgan fingerprint density at radius 3 is 2.62 bits per heavy atom. The summed E-state index contributed by atoms with van der Waals surface area (Å²) < 4.78 is 37.9. The van der Waals surface area contributed by atoms with Crippen molar-refractivity contribution < 1.29 is 18.0 Å². The number of hydrogen-bond donors (Lipinski definition) is 1. The van der Waals surface area contributed by atoms with Crippen LogP contribution in [0.25, 0.3) is 0 Å². The van der Waals surface area contributed by atoms with Gasteiger partial charge in [-0.1, -0.05) is 23.2 Å². The summed E-state index contributed by atoms with van der Waals surface area (Å²) >= 11 is 11.8. The number of fused-ring (bicyclic) bond motifs is 1. The molecule has 0 fully saturated rings. The van der Waals surface area contributed by atoms with Gasteiger partial charge >= 0.3 is 6.18 Å². The van der Waals surface area contributed by atoms with Crippen LogP contribution in [0.2, 0.25) is 10.2 Å². The van der Waals surface area contributed by atoms with Crippen LogP contribution in [0.15, 0.2) is 12.3 Å². The predicted octanol–water partition coefficient (Wildman–Crippen LogP) is 2.87. The zero-order valence-corrected chi connectivity index (χ0v) is 13.2. The average Bonchev–Trinajstić information content (AvgIpc) is 2.77. The second-order valence-electron chi connectivity index (χ2n) is 4.98. The summed E-state index contributed by atoms with van der Waals surface area (Å²) in [5.41, 5.74) is 5.04. The summed E-state index contributed by atoms with van der Waals surface area (Å²) in [5.74, 6) is -0.273. The summed E-state index contributed by atoms with van der Waals surface area (Å²) in [5, 5.41) is -0.154. The third kappa shape index (κ3) is 2.96. The van der Waals surface area contributed by atoms with Crippen molar-refractivity contribution in [2.75, 3.05) is 10.6 Å². The lowest BCUT2D eigenvalue weighted by atomic mass is 10.2. The maximum absolute atomic E-state index is 12.6. The van der Waals surface area contributed by atoms with Crippen LogP contribution in [0.4, 0.5) is 24.9 Å². The number of carbonyl (C=O) groups is 1. The normalized spacial score (nSPS) is 14.2. The molecule has 0 unspecified atom stereocenters. The maximum atomic E-state index is 12.6. The van der Waals surface area contributed by atoms with Gasteiger partial charge in [-0.2, -0.15) is 18.2 Å². The first-order valence-electron chi connectivity index (χ1n) is 6.50. The number of halogens is 5. The van der Waals surface area contributed by atoms with Crippen molar-refractivity contribution in [1.82, 2.24) is 15.0 Å². The van der Waals surface area contributed by atoms with Crippen LogP contribution >= 0.6 is 23.2 Å². The highest BCUT2D eigenvalue weighted by Crippen LogP contribution is 2.35. The molecular formula is C13H8Cl2F3N5O. The van der Waals surface area contributed by atoms with Crippen molar-refractivity contribution in [2.45, 2.75) is 19.1 Å². The number of anilines is 2. The van der Waals surface area contributed by atoms with E-state index in [1.165, 1.54) is 4.90 Å². The first kappa shape index (κ1) is 16.7. The third-order valence-electron chi connectivity index (χ3n) is 3.39. The van der Waals surface area contributed by atoms with Crippen molar-refractivity contribution in [3.8, 4) is 0 Å². The molecule has 2 N–H and O–H groups in total. The van der Waals surface area contributed by atoms with Gasteiger partial charge in [0.15, 0.2) is 0 Å². The molecule has 2 aromatic rings. The number of nitrogens with zero attached hydrogens (tertiary/aromatic N) is 4. The second kappa shape index (κ2) is 5.75. The molecule has 6 nitrogen and oxygen atoms in total. The molecule has 11 heteroatoms. The number of aromatic nitrogens is 3. The van der Waals surface area contributed by atoms with E-state index in [4.69, 9.17) is 28.9 Å². The number of carbonyl (C=O) groups excluding carboxylic acids is 1. The smallest absolute Gasteiger partial charge is 0.368 e. The Hall–Kier alpha value is -2.13. The van der Waals surface area contributed by atoms with Gasteiger partial charge in [0.05, 0.1) is 29.2 Å². The molecular weight excluding hydrogens is 370 g/mol. The molecule has 24 heavy (non-hydrogen) atoms. The van der Waals surface area contributed by atoms with Crippen molar-refractivity contribution >= 4 is 40.9 Å². The van der Waals surface area contributed by atoms with Gasteiger partial charge in [-0.25, -0.2) is 4.98 Å². The number of nitrogen functional groups attached to an aromatic ring is 1. The van der Waals surface area contributed by atoms with Crippen molar-refractivity contribution in [2.24, 2.45) is 0 Å². The fourth-order valence-electron chi connectivity index (χ4n) is 2.25. The third-order valence-corrected chi connectivity index (χ3v) is 4.03. The van der Waals surface area contributed by atoms with E-state index in [1.807, 2.05) is 0 Å². The highest BCUT2D eigenvalue weighted by atomic mass is 35.5. The summed E-state index contributed by atoms with van der Waals surface area (Å²) in [6, 6.07) is 0.757. The number of pyridine rings is 1. The van der Waals surface area contributed by atoms with E-state index in [-0.39, 0.29) is 46.5 Å². The van der Waals surface area contributed by atoms with Crippen LogP contribution < -0.4 is 10.6 Å². The first-order chi connectivity index (χ1) is 11.2. The van der Waals surface area contributed by atoms with Crippen LogP contribution in [0.1, 0.15) is 16.8 Å². The van der Waals surface area contributed by atoms with Gasteiger partial charge in [-0.3, -0.25) is 14.7 Å². The van der Waals surface area contributed by atoms with E-state index in [1.54, 1.807) is 0 Å². The van der Waals surface area contributed by atoms with Gasteiger partial charge in [0.25, 0.3) is 0 Å². The molecule has 0 aliphatic carbocycles. The van der Waals surface area contributed by atoms with Gasteiger partial charge in [0.2, 0.25) is 11.9 Å². The molecule has 0 spiro atoms. The van der Waals surface area contributed by atoms with Crippen molar-refractivity contribution in [1.29, 1.82) is 0 Å². The van der Waals surface area contributed by atoms with Crippen LogP contribution in [0.3, 0.4) is 0 Å². The van der Waals surface area contributed by atoms with E-state index >= 15 is 0 Å². The fraction of sp³-hybridized carbons (Fsp3) is 0.231. The van der Waals surface area contributed by atoms with Gasteiger partial charge in [-0.15, -0.1) is 0 Å². The average molecular weight is 378 g/mol. The van der Waals surface area contributed by atoms with Crippen molar-refractivity contribution in [3.05, 3.63) is 39.3 Å². The minimum Gasteiger partial charge on any atom is -0.368 e. The van der Waals surface area contributed by atoms with Gasteiger partial charge < -0.3 is 5.73 Å². The van der Waals surface area contributed by atoms with Crippen LogP contribution in [-0.4, -0.2) is 20.9 Å². The van der Waals surface area contributed by atoms with Crippen LogP contribution in [0.5, 0.6) is 0 Å². The summed E-state index contributed by atoms with van der Waals surface area (Å²) in [7, 11) is 0. The number of nitrogens with two attached hydrogens (primary N) is 1. The molecule has 0 saturated heterocycles. The Labute approximate surface area is 143 Å². The van der Waals surface area contributed by atoms with Crippen LogP contribution in [-0.2, 0) is 23.9 Å². The summed E-state index contributed by atoms with van der Waals surface area (Å²) in [6.45, 7) is -0.157. The molecule has 0 atom stereocenters. The fourth-order valence-corrected chi connectivity index (χ4v) is 2.72. The molecule has 0 saturated carbocycles. The summed E-state index contributed by atoms with van der Waals surface area (Å²) in [4.78, 5) is 24.8. The monoisotopic (exact) mass is 377 g/mol. The van der Waals surface area contributed by atoms with Gasteiger partial charge in [0.1, 0.15) is 11.0 Å². The van der Waals surface area contributed by atoms with E-state index in [9.17, 15) is 18.0 Å². The molecule has 1 aliphatic rings. The number of hydrogen-bond acceptors (Lipinski definition) is 5. The maximum Gasteiger partial charge on any atom is 0.417 e. The number of amides is 1. The van der Waals surface area contributed by atoms with Gasteiger partial charge in [-0.05, 0) is 6.07 Å². The minimum atomic E-state index is -4.56. The number of alkyl halides is 3. The zero-order valence-electron chi connectivity index (χ0n) is 11.7. The van der Waals surface area contributed by atoms with E-state index < -0.39 is 11.7 Å². The molecule has 1 amide bonds. The Balaban J connectivity index is 1.95. The molecule has 126 valence electrons. The highest BCUT2D eigenvalue weighted by Gasteiger charge is 2.34. The first-order valence-corrected chi connectivity index (χ1v) is 7.26. The molecule has 0 radical (unpaired) electrons. The molecule has 0 aromatic carbocycles. The lowest BCUT2D eigenvalue weighted by Gasteiger charge is -2.17. The lowest BCUT2D eigenvalue weighted by Crippen LogP contribution is -2.27. The SMILES string of the molecule is Nc1nc(Cl)c2c(n1)N(Cc1ncc(C(F)(F)F)cc1Cl)C(=O)C2. The Morgan fingerprint density at radius 1 is 1.29 bits per heavy atom. The second-order valence-corrected chi connectivity index (χ2v) is 5.75. The topological polar surface area (TPSA) is 85.0 Å². The zero-order chi connectivity index (χ0) is 17.6. The van der Waals surface area contributed by atoms with E-state index in [0.717, 1.165) is 6.07 Å². The lowest BCUT2D eigenvalue weighted by molar-refractivity contribution is -0.137. The predicted molar refractivity (Wildman–Crippen MR) is 80.6 cm³/mol. The van der Waals surface area contributed by atoms with Crippen LogP contribution in [0, 0.1) is 0 Å². The summed E-state index contributed by atoms with van der Waals surface area (Å²) in [6.07, 6.45) is -3.93. The molecule has 3 heterocycles. The largest absolute Gasteiger partial charge is 0.417 e. The highest BCUT2D eigenvalue weighted by molar-refractivity contribution is 6.32. The molecule has 0 bridgehead atoms. The van der Waals surface area contributed by atoms with Gasteiger partial charge in [0, 0.05) is 11.8 Å². The Morgan fingerprint density at radius 2 is 2.00 bits per heavy atom. The minimum absolute atomic E-state index is 0.0350. The number of rotatable bonds is 2. The van der Waals surface area contributed by atoms with E-state index in [2.05, 4.69) is 15.0 Å². The standard InChI is InChI=1S/C13H8Cl2F3N5O/c14-7-1-5(13(16,17)18)3-20-8(7)4-23-9(24)2-6-10(15)21-12(19)22-11(6)23/h1,3H,2,4H2,(H2,19,21,22). The quantitative estimate of drug-likeness (QED) is 0.813. The van der Waals surface area contributed by atoms with E-state index in [0.29, 0.717) is 11.8 Å². The Bertz CT molecular complexity index is 843. The molecule has 3 rings (SSSR count).